The Hall–Kier alpha value is -1.90. The average molecular weight is 691 g/mol. The second-order valence-corrected chi connectivity index (χ2v) is 15.9. The largest absolute Gasteiger partial charge is 0.476 e. The van der Waals surface area contributed by atoms with Gasteiger partial charge < -0.3 is 24.7 Å². The van der Waals surface area contributed by atoms with E-state index in [2.05, 4.69) is 9.98 Å². The minimum Gasteiger partial charge on any atom is -0.387 e. The van der Waals surface area contributed by atoms with Crippen molar-refractivity contribution in [2.24, 2.45) is 15.8 Å². The Morgan fingerprint density at radius 2 is 1.67 bits per heavy atom. The van der Waals surface area contributed by atoms with Gasteiger partial charge in [0.1, 0.15) is 30.7 Å². The number of nitrogens with zero attached hydrogens (tertiary/aromatic N) is 2. The third-order valence-electron chi connectivity index (χ3n) is 6.29. The minimum atomic E-state index is -4.21. The van der Waals surface area contributed by atoms with Crippen LogP contribution in [0.3, 0.4) is 0 Å². The monoisotopic (exact) mass is 690 g/mol. The number of H-pyrrole nitrogens is 1. The Kier molecular flexibility index (Phi) is 14.6. The molecule has 0 radical (unpaired) electrons. The third-order valence-corrected chi connectivity index (χ3v) is 10.2. The SMILES string of the molecule is CC(=NC=N)c1ccc([C@]2(C#N)OC(COCOP(=O)(OCCSC(=O)C(C)(C)C)OCCSC(=O)C(C)(C)C)[C@@H](O)[C@H]2O)[nH]1. The highest BCUT2D eigenvalue weighted by Gasteiger charge is 2.56. The number of carbonyl (C=O) groups excluding carboxylic acids is 2. The van der Waals surface area contributed by atoms with Crippen LogP contribution in [0.2, 0.25) is 0 Å². The first kappa shape index (κ1) is 39.3. The van der Waals surface area contributed by atoms with Gasteiger partial charge in [0.15, 0.2) is 17.0 Å². The van der Waals surface area contributed by atoms with Crippen molar-refractivity contribution >= 4 is 53.6 Å². The van der Waals surface area contributed by atoms with Crippen LogP contribution >= 0.6 is 31.3 Å². The molecule has 1 aliphatic rings. The molecule has 0 saturated carbocycles. The lowest BCUT2D eigenvalue weighted by Crippen LogP contribution is -2.40. The first-order chi connectivity index (χ1) is 20.9. The van der Waals surface area contributed by atoms with E-state index in [1.54, 1.807) is 54.5 Å². The van der Waals surface area contributed by atoms with Gasteiger partial charge in [-0.05, 0) is 19.1 Å². The first-order valence-corrected chi connectivity index (χ1v) is 17.5. The summed E-state index contributed by atoms with van der Waals surface area (Å²) in [7, 11) is -4.21. The van der Waals surface area contributed by atoms with Crippen molar-refractivity contribution in [1.82, 2.24) is 4.98 Å². The van der Waals surface area contributed by atoms with Crippen LogP contribution < -0.4 is 0 Å². The summed E-state index contributed by atoms with van der Waals surface area (Å²) in [6.45, 7) is 11.1. The van der Waals surface area contributed by atoms with E-state index in [-0.39, 0.29) is 47.3 Å². The summed E-state index contributed by atoms with van der Waals surface area (Å²) in [5.74, 6) is 0.378. The van der Waals surface area contributed by atoms with Crippen molar-refractivity contribution in [3.63, 3.8) is 0 Å². The van der Waals surface area contributed by atoms with E-state index in [1.807, 2.05) is 6.07 Å². The fraction of sp³-hybridized carbons (Fsp3) is 0.679. The van der Waals surface area contributed by atoms with E-state index in [9.17, 15) is 29.6 Å². The molecule has 0 aromatic carbocycles. The highest BCUT2D eigenvalue weighted by atomic mass is 32.2. The summed E-state index contributed by atoms with van der Waals surface area (Å²) in [6, 6.07) is 5.03. The summed E-state index contributed by atoms with van der Waals surface area (Å²) < 4.78 is 40.6. The van der Waals surface area contributed by atoms with Gasteiger partial charge in [0.2, 0.25) is 5.60 Å². The lowest BCUT2D eigenvalue weighted by molar-refractivity contribution is -0.118. The molecule has 1 aliphatic heterocycles. The zero-order valence-corrected chi connectivity index (χ0v) is 29.1. The number of aromatic amines is 1. The Morgan fingerprint density at radius 1 is 1.11 bits per heavy atom. The summed E-state index contributed by atoms with van der Waals surface area (Å²) in [5.41, 5.74) is -1.97. The number of phosphoric ester groups is 1. The quantitative estimate of drug-likeness (QED) is 0.0635. The maximum Gasteiger partial charge on any atom is 0.476 e. The number of carbonyl (C=O) groups is 2. The molecule has 2 heterocycles. The number of phosphoric acid groups is 1. The van der Waals surface area contributed by atoms with Gasteiger partial charge in [-0.25, -0.2) is 9.56 Å². The predicted octanol–water partition coefficient (Wildman–Crippen LogP) is 4.01. The van der Waals surface area contributed by atoms with Gasteiger partial charge in [-0.2, -0.15) is 5.26 Å². The average Bonchev–Trinajstić information content (AvgIpc) is 3.55. The Labute approximate surface area is 272 Å². The number of thioether (sulfide) groups is 2. The summed E-state index contributed by atoms with van der Waals surface area (Å²) in [5, 5.41) is 38.4. The number of hydrogen-bond acceptors (Lipinski definition) is 14. The topological polar surface area (TPSA) is 214 Å². The van der Waals surface area contributed by atoms with Crippen molar-refractivity contribution in [2.45, 2.75) is 72.4 Å². The summed E-state index contributed by atoms with van der Waals surface area (Å²) in [4.78, 5) is 31.2. The van der Waals surface area contributed by atoms with Crippen LogP contribution in [-0.4, -0.2) is 93.9 Å². The van der Waals surface area contributed by atoms with Crippen LogP contribution in [-0.2, 0) is 42.8 Å². The number of aliphatic imine (C=N–C) groups is 1. The predicted molar refractivity (Wildman–Crippen MR) is 171 cm³/mol. The highest BCUT2D eigenvalue weighted by molar-refractivity contribution is 8.14. The standard InChI is InChI=1S/C28H43N4O10PS2/c1-18(31-16-30)19-8-9-21(32-19)28(15-29)23(34)22(33)20(42-28)14-38-17-41-43(37,39-10-12-44-24(35)26(2,3)4)40-11-13-45-25(36)27(5,6)7/h8-9,16,20,22-23,30,32-34H,10-14,17H2,1-7H3/t20?,22-,23-,28+/m1/s1. The van der Waals surface area contributed by atoms with Crippen molar-refractivity contribution in [2.75, 3.05) is 38.1 Å². The van der Waals surface area contributed by atoms with Crippen molar-refractivity contribution in [1.29, 1.82) is 10.7 Å². The van der Waals surface area contributed by atoms with Crippen LogP contribution in [0.25, 0.3) is 0 Å². The number of ether oxygens (including phenoxy) is 2. The molecule has 1 fully saturated rings. The maximum atomic E-state index is 13.3. The van der Waals surface area contributed by atoms with Crippen molar-refractivity contribution in [3.8, 4) is 6.07 Å². The number of aliphatic hydroxyl groups is 2. The van der Waals surface area contributed by atoms with Gasteiger partial charge >= 0.3 is 7.82 Å². The molecular formula is C28H43N4O10PS2. The molecule has 1 aromatic heterocycles. The highest BCUT2D eigenvalue weighted by Crippen LogP contribution is 2.50. The second-order valence-electron chi connectivity index (χ2n) is 12.1. The van der Waals surface area contributed by atoms with E-state index in [0.29, 0.717) is 11.4 Å². The molecule has 1 saturated heterocycles. The van der Waals surface area contributed by atoms with Crippen LogP contribution in [0.1, 0.15) is 59.9 Å². The van der Waals surface area contributed by atoms with Gasteiger partial charge in [0, 0.05) is 22.3 Å². The summed E-state index contributed by atoms with van der Waals surface area (Å²) in [6.07, 6.45) is -3.48. The number of nitriles is 1. The smallest absolute Gasteiger partial charge is 0.387 e. The van der Waals surface area contributed by atoms with E-state index >= 15 is 0 Å². The van der Waals surface area contributed by atoms with Crippen LogP contribution in [0.15, 0.2) is 17.1 Å². The molecule has 45 heavy (non-hydrogen) atoms. The fourth-order valence-corrected chi connectivity index (χ4v) is 6.57. The molecule has 0 amide bonds. The molecule has 0 bridgehead atoms. The molecule has 0 aliphatic carbocycles. The van der Waals surface area contributed by atoms with Gasteiger partial charge in [-0.3, -0.25) is 28.6 Å². The number of rotatable bonds is 16. The maximum absolute atomic E-state index is 13.3. The third kappa shape index (κ3) is 11.1. The van der Waals surface area contributed by atoms with Gasteiger partial charge in [0.25, 0.3) is 0 Å². The first-order valence-electron chi connectivity index (χ1n) is 14.0. The number of aromatic nitrogens is 1. The van der Waals surface area contributed by atoms with Gasteiger partial charge in [0.05, 0.1) is 36.9 Å². The Balaban J connectivity index is 2.01. The Bertz CT molecular complexity index is 1270. The van der Waals surface area contributed by atoms with E-state index in [1.165, 1.54) is 6.07 Å². The van der Waals surface area contributed by atoms with Crippen LogP contribution in [0.4, 0.5) is 0 Å². The molecule has 1 unspecified atom stereocenters. The van der Waals surface area contributed by atoms with E-state index in [0.717, 1.165) is 29.9 Å². The number of aliphatic hydroxyl groups excluding tert-OH is 2. The van der Waals surface area contributed by atoms with E-state index in [4.69, 9.17) is 28.5 Å². The molecule has 0 spiro atoms. The molecule has 252 valence electrons. The van der Waals surface area contributed by atoms with Crippen molar-refractivity contribution in [3.05, 3.63) is 23.5 Å². The Morgan fingerprint density at radius 3 is 2.16 bits per heavy atom. The van der Waals surface area contributed by atoms with Crippen molar-refractivity contribution < 1.29 is 47.4 Å². The van der Waals surface area contributed by atoms with Gasteiger partial charge in [-0.1, -0.05) is 65.1 Å². The minimum absolute atomic E-state index is 0.0702. The normalized spacial score (nSPS) is 22.8. The zero-order chi connectivity index (χ0) is 34.1. The number of hydrogen-bond donors (Lipinski definition) is 4. The number of nitrogens with one attached hydrogen (secondary N) is 2. The molecule has 4 N–H and O–H groups in total. The van der Waals surface area contributed by atoms with E-state index < -0.39 is 49.4 Å². The molecule has 4 atom stereocenters. The molecule has 2 rings (SSSR count). The molecule has 1 aromatic rings. The zero-order valence-electron chi connectivity index (χ0n) is 26.5. The second kappa shape index (κ2) is 16.8. The molecule has 17 heteroatoms. The fourth-order valence-electron chi connectivity index (χ4n) is 3.70. The lowest BCUT2D eigenvalue weighted by atomic mass is 9.93. The molecular weight excluding hydrogens is 647 g/mol. The summed E-state index contributed by atoms with van der Waals surface area (Å²) >= 11 is 2.04. The molecule has 14 nitrogen and oxygen atoms in total. The van der Waals surface area contributed by atoms with Crippen LogP contribution in [0.5, 0.6) is 0 Å². The lowest BCUT2D eigenvalue weighted by Gasteiger charge is -2.23. The van der Waals surface area contributed by atoms with Gasteiger partial charge in [-0.15, -0.1) is 0 Å². The van der Waals surface area contributed by atoms with Crippen LogP contribution in [0, 0.1) is 27.6 Å².